The largest absolute Gasteiger partial charge is 0.435 e. The Morgan fingerprint density at radius 1 is 0.340 bits per heavy atom. The first kappa shape index (κ1) is 30.6. The average molecular weight is 679 g/mol. The predicted molar refractivity (Wildman–Crippen MR) is 215 cm³/mol. The van der Waals surface area contributed by atoms with Crippen LogP contribution in [0.1, 0.15) is 0 Å². The molecule has 10 rings (SSSR count). The first-order valence-corrected chi connectivity index (χ1v) is 17.6. The Labute approximate surface area is 305 Å². The number of aromatic nitrogens is 4. The number of nitrogens with zero attached hydrogens (tertiary/aromatic N) is 4. The first-order chi connectivity index (χ1) is 26.2. The molecule has 0 radical (unpaired) electrons. The van der Waals surface area contributed by atoms with Crippen LogP contribution in [0.4, 0.5) is 0 Å². The highest BCUT2D eigenvalue weighted by Crippen LogP contribution is 2.37. The quantitative estimate of drug-likeness (QED) is 0.164. The normalized spacial score (nSPS) is 11.4. The molecule has 0 fully saturated rings. The molecule has 53 heavy (non-hydrogen) atoms. The van der Waals surface area contributed by atoms with E-state index in [2.05, 4.69) is 103 Å². The molecule has 0 aliphatic carbocycles. The molecule has 5 heteroatoms. The Balaban J connectivity index is 1.04. The highest BCUT2D eigenvalue weighted by Gasteiger charge is 2.17. The molecule has 0 saturated carbocycles. The molecular formula is C48H30N4O. The van der Waals surface area contributed by atoms with E-state index in [0.29, 0.717) is 23.4 Å². The van der Waals surface area contributed by atoms with Crippen molar-refractivity contribution < 1.29 is 4.42 Å². The van der Waals surface area contributed by atoms with E-state index in [9.17, 15) is 0 Å². The molecule has 0 saturated heterocycles. The molecule has 0 atom stereocenters. The molecule has 8 aromatic carbocycles. The van der Waals surface area contributed by atoms with Crippen molar-refractivity contribution in [2.24, 2.45) is 0 Å². The lowest BCUT2D eigenvalue weighted by Gasteiger charge is -2.12. The van der Waals surface area contributed by atoms with Gasteiger partial charge in [-0.1, -0.05) is 158 Å². The minimum absolute atomic E-state index is 0.624. The fourth-order valence-electron chi connectivity index (χ4n) is 7.12. The van der Waals surface area contributed by atoms with Crippen LogP contribution in [-0.4, -0.2) is 19.9 Å². The van der Waals surface area contributed by atoms with Gasteiger partial charge >= 0.3 is 0 Å². The van der Waals surface area contributed by atoms with Crippen LogP contribution >= 0.6 is 0 Å². The molecular weight excluding hydrogens is 649 g/mol. The Bertz CT molecular complexity index is 2920. The van der Waals surface area contributed by atoms with Crippen molar-refractivity contribution >= 4 is 32.6 Å². The summed E-state index contributed by atoms with van der Waals surface area (Å²) in [7, 11) is 0. The zero-order valence-corrected chi connectivity index (χ0v) is 28.5. The van der Waals surface area contributed by atoms with Crippen molar-refractivity contribution in [1.82, 2.24) is 19.9 Å². The highest BCUT2D eigenvalue weighted by molar-refractivity contribution is 6.18. The fraction of sp³-hybridized carbons (Fsp3) is 0. The second kappa shape index (κ2) is 12.8. The van der Waals surface area contributed by atoms with Gasteiger partial charge in [0, 0.05) is 27.6 Å². The number of hydrogen-bond donors (Lipinski definition) is 0. The number of hydrogen-bond acceptors (Lipinski definition) is 5. The van der Waals surface area contributed by atoms with Crippen molar-refractivity contribution in [2.75, 3.05) is 0 Å². The topological polar surface area (TPSA) is 64.7 Å². The zero-order valence-electron chi connectivity index (χ0n) is 28.5. The van der Waals surface area contributed by atoms with Crippen LogP contribution in [0.25, 0.3) is 101 Å². The summed E-state index contributed by atoms with van der Waals surface area (Å²) in [5.74, 6) is 2.52. The van der Waals surface area contributed by atoms with E-state index in [4.69, 9.17) is 24.4 Å². The number of oxazole rings is 1. The number of fused-ring (bicyclic) bond motifs is 5. The van der Waals surface area contributed by atoms with Gasteiger partial charge in [0.2, 0.25) is 5.89 Å². The van der Waals surface area contributed by atoms with Crippen molar-refractivity contribution in [3.8, 4) is 67.9 Å². The van der Waals surface area contributed by atoms with Crippen LogP contribution in [0.3, 0.4) is 0 Å². The van der Waals surface area contributed by atoms with Crippen molar-refractivity contribution in [3.63, 3.8) is 0 Å². The maximum absolute atomic E-state index is 6.42. The van der Waals surface area contributed by atoms with Crippen molar-refractivity contribution in [3.05, 3.63) is 182 Å². The van der Waals surface area contributed by atoms with Gasteiger partial charge in [-0.25, -0.2) is 19.9 Å². The molecule has 0 aliphatic heterocycles. The van der Waals surface area contributed by atoms with E-state index in [1.165, 1.54) is 0 Å². The summed E-state index contributed by atoms with van der Waals surface area (Å²) in [6.45, 7) is 0. The third-order valence-electron chi connectivity index (χ3n) is 9.77. The van der Waals surface area contributed by atoms with Gasteiger partial charge in [-0.3, -0.25) is 0 Å². The second-order valence-corrected chi connectivity index (χ2v) is 13.1. The number of rotatable bonds is 6. The van der Waals surface area contributed by atoms with Crippen LogP contribution in [0.15, 0.2) is 186 Å². The van der Waals surface area contributed by atoms with E-state index in [1.54, 1.807) is 0 Å². The van der Waals surface area contributed by atoms with Gasteiger partial charge in [-0.05, 0) is 62.7 Å². The maximum atomic E-state index is 6.42. The van der Waals surface area contributed by atoms with Crippen LogP contribution in [0.2, 0.25) is 0 Å². The average Bonchev–Trinajstić information content (AvgIpc) is 3.69. The molecule has 0 amide bonds. The van der Waals surface area contributed by atoms with Crippen molar-refractivity contribution in [2.45, 2.75) is 0 Å². The summed E-state index contributed by atoms with van der Waals surface area (Å²) in [4.78, 5) is 19.9. The predicted octanol–water partition coefficient (Wildman–Crippen LogP) is 12.3. The minimum Gasteiger partial charge on any atom is -0.435 e. The van der Waals surface area contributed by atoms with E-state index in [0.717, 1.165) is 77.2 Å². The molecule has 0 unspecified atom stereocenters. The lowest BCUT2D eigenvalue weighted by molar-refractivity contribution is 0.623. The summed E-state index contributed by atoms with van der Waals surface area (Å²) >= 11 is 0. The molecule has 248 valence electrons. The van der Waals surface area contributed by atoms with Gasteiger partial charge < -0.3 is 4.42 Å². The second-order valence-electron chi connectivity index (χ2n) is 13.1. The molecule has 5 nitrogen and oxygen atoms in total. The van der Waals surface area contributed by atoms with Crippen LogP contribution in [0, 0.1) is 0 Å². The monoisotopic (exact) mass is 678 g/mol. The maximum Gasteiger partial charge on any atom is 0.227 e. The molecule has 10 aromatic rings. The fourth-order valence-corrected chi connectivity index (χ4v) is 7.12. The Morgan fingerprint density at radius 3 is 1.58 bits per heavy atom. The Hall–Kier alpha value is -7.24. The van der Waals surface area contributed by atoms with Crippen molar-refractivity contribution in [1.29, 1.82) is 0 Å². The third-order valence-corrected chi connectivity index (χ3v) is 9.77. The third kappa shape index (κ3) is 5.61. The SMILES string of the molecule is c1ccc(-c2nc(-c3ccc(-c4ccc5c(ccc6ccc7nc(-c8ccccc8)oc7c65)c4)cc3)nc(-c3ccccc3-c3ccccc3)n2)cc1. The van der Waals surface area contributed by atoms with Gasteiger partial charge in [-0.15, -0.1) is 0 Å². The van der Waals surface area contributed by atoms with Gasteiger partial charge in [0.1, 0.15) is 5.52 Å². The summed E-state index contributed by atoms with van der Waals surface area (Å²) in [6.07, 6.45) is 0. The van der Waals surface area contributed by atoms with Crippen LogP contribution in [-0.2, 0) is 0 Å². The van der Waals surface area contributed by atoms with Crippen LogP contribution < -0.4 is 0 Å². The smallest absolute Gasteiger partial charge is 0.227 e. The molecule has 0 aliphatic rings. The summed E-state index contributed by atoms with van der Waals surface area (Å²) in [5.41, 5.74) is 9.84. The highest BCUT2D eigenvalue weighted by atomic mass is 16.3. The van der Waals surface area contributed by atoms with Gasteiger partial charge in [-0.2, -0.15) is 0 Å². The van der Waals surface area contributed by atoms with E-state index in [1.807, 2.05) is 78.9 Å². The molecule has 0 bridgehead atoms. The lowest BCUT2D eigenvalue weighted by Crippen LogP contribution is -2.01. The van der Waals surface area contributed by atoms with E-state index in [-0.39, 0.29) is 0 Å². The molecule has 2 aromatic heterocycles. The van der Waals surface area contributed by atoms with Gasteiger partial charge in [0.15, 0.2) is 23.1 Å². The zero-order chi connectivity index (χ0) is 35.1. The molecule has 0 N–H and O–H groups in total. The lowest BCUT2D eigenvalue weighted by atomic mass is 9.96. The van der Waals surface area contributed by atoms with E-state index >= 15 is 0 Å². The Morgan fingerprint density at radius 2 is 0.868 bits per heavy atom. The number of benzene rings is 8. The van der Waals surface area contributed by atoms with Crippen LogP contribution in [0.5, 0.6) is 0 Å². The van der Waals surface area contributed by atoms with E-state index < -0.39 is 0 Å². The first-order valence-electron chi connectivity index (χ1n) is 17.6. The summed E-state index contributed by atoms with van der Waals surface area (Å²) in [6, 6.07) is 62.4. The standard InChI is InChI=1S/C48H30N4O/c1-4-12-32(13-5-1)39-18-10-11-19-41(39)47-51-45(34-14-6-2-7-15-34)50-46(52-47)35-23-20-31(21-24-35)37-26-28-40-38(30-37)25-22-33-27-29-42-44(43(33)40)53-48(49-42)36-16-8-3-9-17-36/h1-30H. The molecule has 0 spiro atoms. The van der Waals surface area contributed by atoms with Gasteiger partial charge in [0.05, 0.1) is 0 Å². The summed E-state index contributed by atoms with van der Waals surface area (Å²) < 4.78 is 6.42. The molecule has 2 heterocycles. The summed E-state index contributed by atoms with van der Waals surface area (Å²) in [5, 5.41) is 4.46. The Kier molecular flexibility index (Phi) is 7.40. The van der Waals surface area contributed by atoms with Gasteiger partial charge in [0.25, 0.3) is 0 Å². The minimum atomic E-state index is 0.624.